The molecule has 0 aliphatic heterocycles. The molecule has 0 rings (SSSR count). The van der Waals surface area contributed by atoms with Crippen LogP contribution in [-0.2, 0) is 4.79 Å². The molecule has 0 aromatic heterocycles. The zero-order valence-electron chi connectivity index (χ0n) is 9.50. The van der Waals surface area contributed by atoms with Gasteiger partial charge < -0.3 is 4.90 Å². The second kappa shape index (κ2) is 6.19. The Hall–Kier alpha value is -1.31. The van der Waals surface area contributed by atoms with Crippen LogP contribution >= 0.6 is 0 Å². The van der Waals surface area contributed by atoms with Crippen LogP contribution in [-0.4, -0.2) is 24.8 Å². The first-order valence-electron chi connectivity index (χ1n) is 4.74. The predicted octanol–water partition coefficient (Wildman–Crippen LogP) is 2.54. The maximum Gasteiger partial charge on any atom is 0.160 e. The van der Waals surface area contributed by atoms with E-state index in [9.17, 15) is 4.79 Å². The number of carbonyl (C=O) groups excluding carboxylic acids is 1. The third kappa shape index (κ3) is 4.08. The molecule has 14 heavy (non-hydrogen) atoms. The summed E-state index contributed by atoms with van der Waals surface area (Å²) in [5, 5.41) is 0. The lowest BCUT2D eigenvalue weighted by Gasteiger charge is -2.11. The maximum absolute atomic E-state index is 11.3. The molecule has 0 atom stereocenters. The van der Waals surface area contributed by atoms with E-state index in [1.165, 1.54) is 0 Å². The highest BCUT2D eigenvalue weighted by molar-refractivity contribution is 5.97. The largest absolute Gasteiger partial charge is 0.383 e. The van der Waals surface area contributed by atoms with Crippen LogP contribution in [0.4, 0.5) is 0 Å². The van der Waals surface area contributed by atoms with Gasteiger partial charge in [0.2, 0.25) is 0 Å². The Kier molecular flexibility index (Phi) is 5.61. The van der Waals surface area contributed by atoms with Gasteiger partial charge >= 0.3 is 0 Å². The number of ketones is 1. The summed E-state index contributed by atoms with van der Waals surface area (Å²) in [6.45, 7) is 7.22. The topological polar surface area (TPSA) is 20.3 Å². The van der Waals surface area contributed by atoms with Gasteiger partial charge in [0.25, 0.3) is 0 Å². The predicted molar refractivity (Wildman–Crippen MR) is 61.0 cm³/mol. The molecular weight excluding hydrogens is 174 g/mol. The van der Waals surface area contributed by atoms with Gasteiger partial charge in [0.15, 0.2) is 5.78 Å². The number of carbonyl (C=O) groups is 1. The Labute approximate surface area is 86.6 Å². The zero-order chi connectivity index (χ0) is 11.1. The van der Waals surface area contributed by atoms with Gasteiger partial charge in [-0.2, -0.15) is 0 Å². The summed E-state index contributed by atoms with van der Waals surface area (Å²) in [5.74, 6) is 0.0832. The fraction of sp³-hybridized carbons (Fsp3) is 0.417. The molecule has 2 heteroatoms. The molecule has 0 spiro atoms. The first-order valence-corrected chi connectivity index (χ1v) is 4.74. The number of hydrogen-bond acceptors (Lipinski definition) is 2. The summed E-state index contributed by atoms with van der Waals surface area (Å²) < 4.78 is 0. The minimum Gasteiger partial charge on any atom is -0.383 e. The van der Waals surface area contributed by atoms with Crippen LogP contribution in [0.2, 0.25) is 0 Å². The molecular formula is C12H19NO. The van der Waals surface area contributed by atoms with E-state index in [-0.39, 0.29) is 5.78 Å². The Balaban J connectivity index is 5.06. The van der Waals surface area contributed by atoms with Gasteiger partial charge in [0.05, 0.1) is 0 Å². The lowest BCUT2D eigenvalue weighted by molar-refractivity contribution is -0.113. The fourth-order valence-corrected chi connectivity index (χ4v) is 1.23. The van der Waals surface area contributed by atoms with Crippen molar-refractivity contribution < 1.29 is 4.79 Å². The Morgan fingerprint density at radius 1 is 1.43 bits per heavy atom. The smallest absolute Gasteiger partial charge is 0.160 e. The van der Waals surface area contributed by atoms with E-state index in [4.69, 9.17) is 0 Å². The van der Waals surface area contributed by atoms with Crippen molar-refractivity contribution in [1.82, 2.24) is 4.90 Å². The van der Waals surface area contributed by atoms with Gasteiger partial charge in [-0.1, -0.05) is 25.7 Å². The van der Waals surface area contributed by atoms with Gasteiger partial charge in [-0.05, 0) is 18.9 Å². The average Bonchev–Trinajstić information content (AvgIpc) is 2.10. The van der Waals surface area contributed by atoms with Crippen molar-refractivity contribution in [3.8, 4) is 0 Å². The van der Waals surface area contributed by atoms with Gasteiger partial charge in [0, 0.05) is 25.9 Å². The SMILES string of the molecule is C=C/C=C(C(C)=O)\C(=C/N(C)C)CC. The van der Waals surface area contributed by atoms with Crippen LogP contribution in [0.15, 0.2) is 36.1 Å². The van der Waals surface area contributed by atoms with Crippen LogP contribution in [0, 0.1) is 0 Å². The molecule has 0 aliphatic carbocycles. The number of Topliss-reactive ketones (excluding diaryl/α,β-unsaturated/α-hetero) is 1. The zero-order valence-corrected chi connectivity index (χ0v) is 9.50. The van der Waals surface area contributed by atoms with Crippen molar-refractivity contribution in [2.24, 2.45) is 0 Å². The van der Waals surface area contributed by atoms with E-state index >= 15 is 0 Å². The maximum atomic E-state index is 11.3. The molecule has 0 aliphatic rings. The molecule has 0 bridgehead atoms. The molecule has 0 saturated heterocycles. The number of hydrogen-bond donors (Lipinski definition) is 0. The minimum atomic E-state index is 0.0832. The molecule has 0 radical (unpaired) electrons. The van der Waals surface area contributed by atoms with Crippen LogP contribution < -0.4 is 0 Å². The van der Waals surface area contributed by atoms with E-state index in [1.54, 1.807) is 19.1 Å². The lowest BCUT2D eigenvalue weighted by atomic mass is 10.0. The summed E-state index contributed by atoms with van der Waals surface area (Å²) in [7, 11) is 3.89. The van der Waals surface area contributed by atoms with Crippen LogP contribution in [0.25, 0.3) is 0 Å². The number of nitrogens with zero attached hydrogens (tertiary/aromatic N) is 1. The summed E-state index contributed by atoms with van der Waals surface area (Å²) >= 11 is 0. The Bertz CT molecular complexity index is 272. The van der Waals surface area contributed by atoms with E-state index in [0.29, 0.717) is 0 Å². The second-order valence-corrected chi connectivity index (χ2v) is 3.34. The molecule has 0 heterocycles. The van der Waals surface area contributed by atoms with Crippen molar-refractivity contribution in [3.63, 3.8) is 0 Å². The van der Waals surface area contributed by atoms with Crippen LogP contribution in [0.3, 0.4) is 0 Å². The van der Waals surface area contributed by atoms with E-state index < -0.39 is 0 Å². The van der Waals surface area contributed by atoms with Gasteiger partial charge in [-0.15, -0.1) is 0 Å². The normalized spacial score (nSPS) is 12.6. The fourth-order valence-electron chi connectivity index (χ4n) is 1.23. The van der Waals surface area contributed by atoms with E-state index in [0.717, 1.165) is 17.6 Å². The highest BCUT2D eigenvalue weighted by atomic mass is 16.1. The van der Waals surface area contributed by atoms with Gasteiger partial charge in [-0.25, -0.2) is 0 Å². The summed E-state index contributed by atoms with van der Waals surface area (Å²) in [5.41, 5.74) is 1.79. The van der Waals surface area contributed by atoms with Crippen molar-refractivity contribution in [1.29, 1.82) is 0 Å². The van der Waals surface area contributed by atoms with E-state index in [2.05, 4.69) is 6.58 Å². The van der Waals surface area contributed by atoms with Crippen molar-refractivity contribution in [2.45, 2.75) is 20.3 Å². The number of rotatable bonds is 5. The lowest BCUT2D eigenvalue weighted by Crippen LogP contribution is -2.07. The Morgan fingerprint density at radius 2 is 2.00 bits per heavy atom. The highest BCUT2D eigenvalue weighted by Crippen LogP contribution is 2.15. The quantitative estimate of drug-likeness (QED) is 0.494. The molecule has 0 aromatic rings. The number of allylic oxidation sites excluding steroid dienone is 4. The molecule has 78 valence electrons. The third-order valence-corrected chi connectivity index (χ3v) is 1.80. The molecule has 0 aromatic carbocycles. The Morgan fingerprint density at radius 3 is 2.29 bits per heavy atom. The standard InChI is InChI=1S/C12H19NO/c1-6-8-12(10(3)14)11(7-2)9-13(4)5/h6,8-9H,1,7H2,2-5H3/b11-9-,12-8-. The highest BCUT2D eigenvalue weighted by Gasteiger charge is 2.07. The summed E-state index contributed by atoms with van der Waals surface area (Å²) in [4.78, 5) is 13.3. The van der Waals surface area contributed by atoms with Gasteiger partial charge in [-0.3, -0.25) is 4.79 Å². The molecule has 2 nitrogen and oxygen atoms in total. The van der Waals surface area contributed by atoms with Gasteiger partial charge in [0.1, 0.15) is 0 Å². The van der Waals surface area contributed by atoms with Crippen molar-refractivity contribution in [3.05, 3.63) is 36.1 Å². The second-order valence-electron chi connectivity index (χ2n) is 3.34. The first kappa shape index (κ1) is 12.7. The first-order chi connectivity index (χ1) is 6.52. The molecule has 0 saturated carbocycles. The van der Waals surface area contributed by atoms with E-state index in [1.807, 2.05) is 32.1 Å². The monoisotopic (exact) mass is 193 g/mol. The molecule has 0 unspecified atom stereocenters. The summed E-state index contributed by atoms with van der Waals surface area (Å²) in [6.07, 6.45) is 6.23. The molecule has 0 N–H and O–H groups in total. The third-order valence-electron chi connectivity index (χ3n) is 1.80. The van der Waals surface area contributed by atoms with Crippen LogP contribution in [0.1, 0.15) is 20.3 Å². The van der Waals surface area contributed by atoms with Crippen molar-refractivity contribution in [2.75, 3.05) is 14.1 Å². The molecule has 0 amide bonds. The average molecular weight is 193 g/mol. The summed E-state index contributed by atoms with van der Waals surface area (Å²) in [6, 6.07) is 0. The molecule has 0 fully saturated rings. The van der Waals surface area contributed by atoms with Crippen LogP contribution in [0.5, 0.6) is 0 Å². The minimum absolute atomic E-state index is 0.0832. The van der Waals surface area contributed by atoms with Crippen molar-refractivity contribution >= 4 is 5.78 Å².